The first-order valence-electron chi connectivity index (χ1n) is 6.06. The fraction of sp³-hybridized carbons (Fsp3) is 0.727. The van der Waals surface area contributed by atoms with Crippen LogP contribution in [0.25, 0.3) is 0 Å². The van der Waals surface area contributed by atoms with E-state index in [0.717, 1.165) is 11.1 Å². The second-order valence-corrected chi connectivity index (χ2v) is 4.69. The summed E-state index contributed by atoms with van der Waals surface area (Å²) in [6.45, 7) is 1.41. The van der Waals surface area contributed by atoms with Gasteiger partial charge in [0.05, 0.1) is 12.7 Å². The maximum absolute atomic E-state index is 13.4. The Bertz CT molecular complexity index is 411. The highest BCUT2D eigenvalue weighted by molar-refractivity contribution is 5.95. The molecule has 0 radical (unpaired) electrons. The summed E-state index contributed by atoms with van der Waals surface area (Å²) < 4.78 is 19.0. The summed E-state index contributed by atoms with van der Waals surface area (Å²) in [5, 5.41) is 29.1. The Hall–Kier alpha value is -1.22. The van der Waals surface area contributed by atoms with Crippen LogP contribution in [-0.4, -0.2) is 56.9 Å². The average Bonchev–Trinajstić information content (AvgIpc) is 2.71. The van der Waals surface area contributed by atoms with Gasteiger partial charge in [0.15, 0.2) is 11.7 Å². The molecule has 7 nitrogen and oxygen atoms in total. The Morgan fingerprint density at radius 1 is 1.63 bits per heavy atom. The maximum atomic E-state index is 13.4. The van der Waals surface area contributed by atoms with Crippen molar-refractivity contribution < 1.29 is 24.4 Å². The predicted octanol–water partition coefficient (Wildman–Crippen LogP) is -1.01. The van der Waals surface area contributed by atoms with Crippen LogP contribution in [0, 0.1) is 0 Å². The summed E-state index contributed by atoms with van der Waals surface area (Å²) >= 11 is 0. The Labute approximate surface area is 109 Å². The van der Waals surface area contributed by atoms with Crippen molar-refractivity contribution in [3.8, 4) is 0 Å². The first-order valence-corrected chi connectivity index (χ1v) is 6.06. The Morgan fingerprint density at radius 3 is 2.84 bits per heavy atom. The standard InChI is InChI=1S/C11H18FN3O4/c1-2-11(5-16)7(17)3-8(19-11)15-4-6(12)9(13)14-10(15)18/h4,7-8,10,16-18H,2-3,5H2,1H3,(H2,13,14)/t7-,8+,10?,11+/m0/s1. The molecule has 0 aromatic heterocycles. The van der Waals surface area contributed by atoms with E-state index >= 15 is 0 Å². The zero-order valence-electron chi connectivity index (χ0n) is 10.5. The molecule has 2 rings (SSSR count). The third-order valence-electron chi connectivity index (χ3n) is 3.63. The van der Waals surface area contributed by atoms with Gasteiger partial charge in [-0.25, -0.2) is 9.38 Å². The van der Waals surface area contributed by atoms with Crippen molar-refractivity contribution in [1.29, 1.82) is 0 Å². The zero-order chi connectivity index (χ0) is 14.2. The molecule has 8 heteroatoms. The number of hydrogen-bond acceptors (Lipinski definition) is 7. The molecule has 1 fully saturated rings. The van der Waals surface area contributed by atoms with E-state index < -0.39 is 30.1 Å². The van der Waals surface area contributed by atoms with E-state index in [-0.39, 0.29) is 18.9 Å². The summed E-state index contributed by atoms with van der Waals surface area (Å²) in [6.07, 6.45) is -1.54. The van der Waals surface area contributed by atoms with E-state index in [4.69, 9.17) is 10.5 Å². The number of aliphatic hydroxyl groups is 3. The van der Waals surface area contributed by atoms with Gasteiger partial charge in [0.2, 0.25) is 6.35 Å². The summed E-state index contributed by atoms with van der Waals surface area (Å²) in [4.78, 5) is 4.65. The minimum Gasteiger partial charge on any atom is -0.393 e. The fourth-order valence-electron chi connectivity index (χ4n) is 2.31. The lowest BCUT2D eigenvalue weighted by Gasteiger charge is -2.34. The van der Waals surface area contributed by atoms with E-state index in [1.165, 1.54) is 0 Å². The molecule has 1 unspecified atom stereocenters. The first-order chi connectivity index (χ1) is 8.93. The SMILES string of the molecule is CC[C@]1(CO)O[C@@H](N2C=C(F)C(N)=NC2O)C[C@@H]1O. The van der Waals surface area contributed by atoms with Crippen molar-refractivity contribution >= 4 is 5.84 Å². The van der Waals surface area contributed by atoms with Gasteiger partial charge in [-0.3, -0.25) is 0 Å². The number of hydrogen-bond donors (Lipinski definition) is 4. The van der Waals surface area contributed by atoms with Crippen LogP contribution in [0.3, 0.4) is 0 Å². The maximum Gasteiger partial charge on any atom is 0.229 e. The quantitative estimate of drug-likeness (QED) is 0.525. The van der Waals surface area contributed by atoms with Crippen molar-refractivity contribution in [1.82, 2.24) is 4.90 Å². The highest BCUT2D eigenvalue weighted by Crippen LogP contribution is 2.36. The number of amidine groups is 1. The monoisotopic (exact) mass is 275 g/mol. The van der Waals surface area contributed by atoms with Gasteiger partial charge in [-0.2, -0.15) is 0 Å². The molecular formula is C11H18FN3O4. The Morgan fingerprint density at radius 2 is 2.32 bits per heavy atom. The van der Waals surface area contributed by atoms with Gasteiger partial charge in [0.25, 0.3) is 0 Å². The van der Waals surface area contributed by atoms with E-state index in [1.807, 2.05) is 0 Å². The fourth-order valence-corrected chi connectivity index (χ4v) is 2.31. The highest BCUT2D eigenvalue weighted by Gasteiger charge is 2.49. The smallest absolute Gasteiger partial charge is 0.229 e. The molecule has 5 N–H and O–H groups in total. The summed E-state index contributed by atoms with van der Waals surface area (Å²) in [5.74, 6) is -1.16. The molecule has 2 heterocycles. The number of nitrogens with two attached hydrogens (primary N) is 1. The normalized spacial score (nSPS) is 39.2. The lowest BCUT2D eigenvalue weighted by Crippen LogP contribution is -2.45. The molecule has 0 bridgehead atoms. The molecule has 0 spiro atoms. The second kappa shape index (κ2) is 5.04. The van der Waals surface area contributed by atoms with E-state index in [2.05, 4.69) is 4.99 Å². The van der Waals surface area contributed by atoms with Gasteiger partial charge < -0.3 is 30.7 Å². The largest absolute Gasteiger partial charge is 0.393 e. The number of aliphatic hydroxyl groups excluding tert-OH is 3. The molecule has 0 aromatic carbocycles. The first kappa shape index (κ1) is 14.2. The Balaban J connectivity index is 2.17. The zero-order valence-corrected chi connectivity index (χ0v) is 10.5. The molecule has 2 aliphatic heterocycles. The lowest BCUT2D eigenvalue weighted by atomic mass is 9.95. The van der Waals surface area contributed by atoms with Crippen LogP contribution in [0.1, 0.15) is 19.8 Å². The van der Waals surface area contributed by atoms with Gasteiger partial charge in [-0.15, -0.1) is 0 Å². The number of ether oxygens (including phenoxy) is 1. The third kappa shape index (κ3) is 2.32. The van der Waals surface area contributed by atoms with Crippen LogP contribution in [0.5, 0.6) is 0 Å². The average molecular weight is 275 g/mol. The molecule has 0 aromatic rings. The molecule has 0 amide bonds. The third-order valence-corrected chi connectivity index (χ3v) is 3.63. The number of aliphatic imine (C=N–C) groups is 1. The van der Waals surface area contributed by atoms with Crippen molar-refractivity contribution in [3.05, 3.63) is 12.0 Å². The molecule has 0 saturated carbocycles. The van der Waals surface area contributed by atoms with Crippen molar-refractivity contribution in [2.75, 3.05) is 6.61 Å². The molecular weight excluding hydrogens is 257 g/mol. The highest BCUT2D eigenvalue weighted by atomic mass is 19.1. The molecule has 19 heavy (non-hydrogen) atoms. The molecule has 2 aliphatic rings. The van der Waals surface area contributed by atoms with Gasteiger partial charge in [0.1, 0.15) is 11.8 Å². The summed E-state index contributed by atoms with van der Waals surface area (Å²) in [5.41, 5.74) is 4.16. The van der Waals surface area contributed by atoms with Gasteiger partial charge in [-0.1, -0.05) is 6.92 Å². The summed E-state index contributed by atoms with van der Waals surface area (Å²) in [6, 6.07) is 0. The predicted molar refractivity (Wildman–Crippen MR) is 64.3 cm³/mol. The molecule has 1 saturated heterocycles. The van der Waals surface area contributed by atoms with Crippen molar-refractivity contribution in [2.24, 2.45) is 10.7 Å². The van der Waals surface area contributed by atoms with E-state index in [9.17, 15) is 19.7 Å². The van der Waals surface area contributed by atoms with Crippen LogP contribution in [0.2, 0.25) is 0 Å². The molecule has 0 aliphatic carbocycles. The van der Waals surface area contributed by atoms with Gasteiger partial charge >= 0.3 is 0 Å². The topological polar surface area (TPSA) is 112 Å². The van der Waals surface area contributed by atoms with Crippen LogP contribution in [0.4, 0.5) is 4.39 Å². The molecule has 108 valence electrons. The van der Waals surface area contributed by atoms with E-state index in [1.54, 1.807) is 6.92 Å². The number of rotatable bonds is 3. The summed E-state index contributed by atoms with van der Waals surface area (Å²) in [7, 11) is 0. The van der Waals surface area contributed by atoms with Crippen LogP contribution in [-0.2, 0) is 4.74 Å². The van der Waals surface area contributed by atoms with Gasteiger partial charge in [-0.05, 0) is 6.42 Å². The van der Waals surface area contributed by atoms with Crippen molar-refractivity contribution in [2.45, 2.75) is 44.1 Å². The minimum absolute atomic E-state index is 0.130. The Kier molecular flexibility index (Phi) is 3.77. The van der Waals surface area contributed by atoms with Crippen molar-refractivity contribution in [3.63, 3.8) is 0 Å². The van der Waals surface area contributed by atoms with Crippen LogP contribution >= 0.6 is 0 Å². The van der Waals surface area contributed by atoms with Gasteiger partial charge in [0, 0.05) is 12.6 Å². The minimum atomic E-state index is -1.37. The number of nitrogens with zero attached hydrogens (tertiary/aromatic N) is 2. The second-order valence-electron chi connectivity index (χ2n) is 4.69. The lowest BCUT2D eigenvalue weighted by molar-refractivity contribution is -0.162. The van der Waals surface area contributed by atoms with Crippen LogP contribution in [0.15, 0.2) is 17.0 Å². The van der Waals surface area contributed by atoms with E-state index in [0.29, 0.717) is 6.42 Å². The number of halogens is 1. The van der Waals surface area contributed by atoms with Crippen LogP contribution < -0.4 is 5.73 Å². The molecule has 4 atom stereocenters.